The molecule has 210 valence electrons. The van der Waals surface area contributed by atoms with E-state index in [0.717, 1.165) is 77.3 Å². The fraction of sp³-hybridized carbons (Fsp3) is 0.640. The molecule has 1 aromatic carbocycles. The first kappa shape index (κ1) is 32.3. The maximum absolute atomic E-state index is 10.7. The van der Waals surface area contributed by atoms with Gasteiger partial charge in [0, 0.05) is 24.5 Å². The van der Waals surface area contributed by atoms with E-state index < -0.39 is 10.0 Å². The van der Waals surface area contributed by atoms with Gasteiger partial charge in [-0.2, -0.15) is 15.0 Å². The van der Waals surface area contributed by atoms with Crippen molar-refractivity contribution in [3.05, 3.63) is 30.1 Å². The zero-order chi connectivity index (χ0) is 27.7. The summed E-state index contributed by atoms with van der Waals surface area (Å²) in [6.45, 7) is 19.1. The maximum atomic E-state index is 10.7. The minimum absolute atomic E-state index is 0.520. The first-order valence-electron chi connectivity index (χ1n) is 13.1. The Balaban J connectivity index is 0.000000474. The highest BCUT2D eigenvalue weighted by atomic mass is 32.2. The van der Waals surface area contributed by atoms with E-state index in [1.807, 2.05) is 6.92 Å². The minimum atomic E-state index is -3.18. The van der Waals surface area contributed by atoms with Crippen LogP contribution in [-0.2, 0) is 10.0 Å². The zero-order valence-corrected chi connectivity index (χ0v) is 24.2. The molecule has 0 spiro atoms. The summed E-state index contributed by atoms with van der Waals surface area (Å²) in [5.74, 6) is 2.07. The molecule has 2 rings (SSSR count). The van der Waals surface area contributed by atoms with E-state index in [2.05, 4.69) is 67.8 Å². The summed E-state index contributed by atoms with van der Waals surface area (Å²) < 4.78 is 23.8. The molecular weight excluding hydrogens is 490 g/mol. The Kier molecular flexibility index (Phi) is 15.5. The van der Waals surface area contributed by atoms with E-state index in [0.29, 0.717) is 23.3 Å². The molecule has 0 bridgehead atoms. The fourth-order valence-electron chi connectivity index (χ4n) is 3.49. The summed E-state index contributed by atoms with van der Waals surface area (Å²) in [7, 11) is -3.18. The molecule has 2 aromatic rings. The first-order valence-corrected chi connectivity index (χ1v) is 15.0. The van der Waals surface area contributed by atoms with Gasteiger partial charge in [0.2, 0.25) is 21.9 Å². The second-order valence-corrected chi connectivity index (χ2v) is 10.4. The van der Waals surface area contributed by atoms with Crippen molar-refractivity contribution in [2.75, 3.05) is 79.7 Å². The van der Waals surface area contributed by atoms with Gasteiger partial charge >= 0.3 is 0 Å². The topological polar surface area (TPSA) is 141 Å². The normalized spacial score (nSPS) is 11.2. The smallest absolute Gasteiger partial charge is 0.229 e. The monoisotopic (exact) mass is 537 g/mol. The number of rotatable bonds is 16. The van der Waals surface area contributed by atoms with Crippen LogP contribution >= 0.6 is 0 Å². The molecule has 12 heteroatoms. The van der Waals surface area contributed by atoms with Gasteiger partial charge in [-0.3, -0.25) is 4.72 Å². The third kappa shape index (κ3) is 15.2. The molecule has 0 radical (unpaired) electrons. The van der Waals surface area contributed by atoms with E-state index >= 15 is 0 Å². The highest BCUT2D eigenvalue weighted by molar-refractivity contribution is 7.92. The van der Waals surface area contributed by atoms with Gasteiger partial charge in [-0.15, -0.1) is 0 Å². The number of benzene rings is 1. The number of anilines is 4. The fourth-order valence-corrected chi connectivity index (χ4v) is 4.05. The molecule has 0 fully saturated rings. The number of hydrogen-bond donors (Lipinski definition) is 4. The number of aromatic nitrogens is 3. The van der Waals surface area contributed by atoms with Crippen molar-refractivity contribution in [1.82, 2.24) is 24.8 Å². The predicted octanol–water partition coefficient (Wildman–Crippen LogP) is 3.11. The van der Waals surface area contributed by atoms with E-state index in [-0.39, 0.29) is 0 Å². The van der Waals surface area contributed by atoms with Crippen LogP contribution in [0.2, 0.25) is 0 Å². The Morgan fingerprint density at radius 2 is 1.22 bits per heavy atom. The number of nitrogens with zero attached hydrogens (tertiary/aromatic N) is 5. The molecule has 11 nitrogen and oxygen atoms in total. The van der Waals surface area contributed by atoms with Crippen molar-refractivity contribution < 1.29 is 8.42 Å². The Bertz CT molecular complexity index is 942. The quantitative estimate of drug-likeness (QED) is 0.186. The Morgan fingerprint density at radius 1 is 0.784 bits per heavy atom. The molecule has 1 heterocycles. The lowest BCUT2D eigenvalue weighted by molar-refractivity contribution is 0.303. The van der Waals surface area contributed by atoms with Crippen LogP contribution < -0.4 is 21.1 Å². The second-order valence-electron chi connectivity index (χ2n) is 8.64. The number of sulfonamides is 1. The van der Waals surface area contributed by atoms with Crippen molar-refractivity contribution in [2.24, 2.45) is 0 Å². The molecule has 5 N–H and O–H groups in total. The Hall–Kier alpha value is -2.70. The molecule has 0 atom stereocenters. The van der Waals surface area contributed by atoms with Crippen LogP contribution in [0.5, 0.6) is 0 Å². The van der Waals surface area contributed by atoms with Crippen LogP contribution in [0.1, 0.15) is 46.4 Å². The average Bonchev–Trinajstić information content (AvgIpc) is 2.85. The van der Waals surface area contributed by atoms with Crippen LogP contribution in [0.4, 0.5) is 23.3 Å². The lowest BCUT2D eigenvalue weighted by Crippen LogP contribution is -2.26. The third-order valence-corrected chi connectivity index (χ3v) is 6.22. The van der Waals surface area contributed by atoms with Crippen LogP contribution in [0.25, 0.3) is 0 Å². The SMILES string of the molecule is CCN(CC)CCCNc1nc(C)nc(NCCCN(CC)CC)n1.CS(=O)(=O)Nc1ccc(N)cc1. The summed E-state index contributed by atoms with van der Waals surface area (Å²) in [4.78, 5) is 18.1. The number of hydrogen-bond acceptors (Lipinski definition) is 10. The van der Waals surface area contributed by atoms with Crippen molar-refractivity contribution in [2.45, 2.75) is 47.5 Å². The molecule has 0 amide bonds. The number of nitrogens with two attached hydrogens (primary N) is 1. The molecule has 37 heavy (non-hydrogen) atoms. The van der Waals surface area contributed by atoms with Crippen LogP contribution in [0, 0.1) is 6.92 Å². The van der Waals surface area contributed by atoms with Crippen molar-refractivity contribution >= 4 is 33.3 Å². The zero-order valence-electron chi connectivity index (χ0n) is 23.4. The van der Waals surface area contributed by atoms with Gasteiger partial charge in [-0.25, -0.2) is 8.42 Å². The van der Waals surface area contributed by atoms with Gasteiger partial charge in [0.15, 0.2) is 0 Å². The standard InChI is InChI=1S/C18H37N7.C7H10N2O2S/c1-6-24(7-2)14-10-12-19-17-21-16(5)22-18(23-17)20-13-11-15-25(8-3)9-4;1-12(10,11)9-7-4-2-6(8)3-5-7/h6-15H2,1-5H3,(H2,19,20,21,22,23);2-5,9H,8H2,1H3. The van der Waals surface area contributed by atoms with Gasteiger partial charge in [0.1, 0.15) is 5.82 Å². The summed E-state index contributed by atoms with van der Waals surface area (Å²) in [5.41, 5.74) is 6.54. The summed E-state index contributed by atoms with van der Waals surface area (Å²) in [6.07, 6.45) is 3.27. The average molecular weight is 538 g/mol. The summed E-state index contributed by atoms with van der Waals surface area (Å²) in [6, 6.07) is 6.48. The molecule has 0 aliphatic carbocycles. The largest absolute Gasteiger partial charge is 0.399 e. The lowest BCUT2D eigenvalue weighted by Gasteiger charge is -2.18. The lowest BCUT2D eigenvalue weighted by atomic mass is 10.3. The first-order chi connectivity index (χ1) is 17.6. The van der Waals surface area contributed by atoms with E-state index in [4.69, 9.17) is 5.73 Å². The van der Waals surface area contributed by atoms with Gasteiger partial charge < -0.3 is 26.2 Å². The van der Waals surface area contributed by atoms with Gasteiger partial charge in [0.05, 0.1) is 6.26 Å². The number of nitrogens with one attached hydrogen (secondary N) is 3. The van der Waals surface area contributed by atoms with Crippen molar-refractivity contribution in [3.63, 3.8) is 0 Å². The Morgan fingerprint density at radius 3 is 1.59 bits per heavy atom. The molecule has 0 aliphatic rings. The van der Waals surface area contributed by atoms with Gasteiger partial charge in [-0.1, -0.05) is 27.7 Å². The van der Waals surface area contributed by atoms with Gasteiger partial charge in [0.25, 0.3) is 0 Å². The minimum Gasteiger partial charge on any atom is -0.399 e. The van der Waals surface area contributed by atoms with Crippen LogP contribution in [0.15, 0.2) is 24.3 Å². The molecule has 0 aliphatic heterocycles. The van der Waals surface area contributed by atoms with Crippen LogP contribution in [0.3, 0.4) is 0 Å². The highest BCUT2D eigenvalue weighted by Gasteiger charge is 2.05. The van der Waals surface area contributed by atoms with Crippen LogP contribution in [-0.4, -0.2) is 91.8 Å². The van der Waals surface area contributed by atoms with Gasteiger partial charge in [-0.05, 0) is 83.3 Å². The molecule has 0 saturated heterocycles. The van der Waals surface area contributed by atoms with E-state index in [1.165, 1.54) is 0 Å². The summed E-state index contributed by atoms with van der Waals surface area (Å²) in [5, 5.41) is 6.64. The van der Waals surface area contributed by atoms with Crippen molar-refractivity contribution in [1.29, 1.82) is 0 Å². The molecule has 0 saturated carbocycles. The second kappa shape index (κ2) is 17.7. The molecule has 1 aromatic heterocycles. The molecular formula is C25H47N9O2S. The van der Waals surface area contributed by atoms with Crippen molar-refractivity contribution in [3.8, 4) is 0 Å². The third-order valence-electron chi connectivity index (χ3n) is 5.62. The van der Waals surface area contributed by atoms with E-state index in [9.17, 15) is 8.42 Å². The predicted molar refractivity (Wildman–Crippen MR) is 156 cm³/mol. The number of nitrogen functional groups attached to an aromatic ring is 1. The number of aryl methyl sites for hydroxylation is 1. The Labute approximate surface area is 223 Å². The molecule has 0 unspecified atom stereocenters. The van der Waals surface area contributed by atoms with E-state index in [1.54, 1.807) is 24.3 Å². The maximum Gasteiger partial charge on any atom is 0.229 e. The highest BCUT2D eigenvalue weighted by Crippen LogP contribution is 2.11. The summed E-state index contributed by atoms with van der Waals surface area (Å²) >= 11 is 0.